The molecule has 4 nitrogen and oxygen atoms in total. The molecule has 1 saturated heterocycles. The van der Waals surface area contributed by atoms with Crippen molar-refractivity contribution < 1.29 is 8.42 Å². The average molecular weight is 327 g/mol. The van der Waals surface area contributed by atoms with Gasteiger partial charge in [-0.3, -0.25) is 0 Å². The lowest BCUT2D eigenvalue weighted by Crippen LogP contribution is -2.53. The van der Waals surface area contributed by atoms with Gasteiger partial charge in [-0.15, -0.1) is 0 Å². The molecule has 4 bridgehead atoms. The monoisotopic (exact) mass is 326 g/mol. The first kappa shape index (κ1) is 15.4. The zero-order chi connectivity index (χ0) is 15.4. The third kappa shape index (κ3) is 2.63. The summed E-state index contributed by atoms with van der Waals surface area (Å²) in [5.41, 5.74) is 0.298. The SMILES string of the molecule is CN(CC12CC3CC(CC(C3)C1)C2)S(=O)(=O)N1CCCCC1. The van der Waals surface area contributed by atoms with E-state index in [2.05, 4.69) is 0 Å². The molecule has 0 radical (unpaired) electrons. The van der Waals surface area contributed by atoms with Crippen molar-refractivity contribution in [3.8, 4) is 0 Å². The van der Waals surface area contributed by atoms with Gasteiger partial charge in [0.05, 0.1) is 0 Å². The van der Waals surface area contributed by atoms with Gasteiger partial charge in [0, 0.05) is 26.7 Å². The van der Waals surface area contributed by atoms with Gasteiger partial charge in [-0.1, -0.05) is 6.42 Å². The quantitative estimate of drug-likeness (QED) is 0.797. The Morgan fingerprint density at radius 2 is 1.45 bits per heavy atom. The highest BCUT2D eigenvalue weighted by Crippen LogP contribution is 2.60. The fourth-order valence-electron chi connectivity index (χ4n) is 6.33. The number of hydrogen-bond acceptors (Lipinski definition) is 2. The maximum atomic E-state index is 12.9. The second kappa shape index (κ2) is 5.45. The van der Waals surface area contributed by atoms with Crippen LogP contribution in [0.5, 0.6) is 0 Å². The van der Waals surface area contributed by atoms with Gasteiger partial charge in [0.25, 0.3) is 10.2 Å². The predicted octanol–water partition coefficient (Wildman–Crippen LogP) is 2.87. The third-order valence-corrected chi connectivity index (χ3v) is 8.69. The molecule has 5 heteroatoms. The molecule has 0 atom stereocenters. The van der Waals surface area contributed by atoms with Gasteiger partial charge in [-0.2, -0.15) is 17.0 Å². The first-order chi connectivity index (χ1) is 10.5. The van der Waals surface area contributed by atoms with Gasteiger partial charge in [0.2, 0.25) is 0 Å². The van der Waals surface area contributed by atoms with Crippen molar-refractivity contribution in [1.29, 1.82) is 0 Å². The molecule has 5 fully saturated rings. The molecule has 5 rings (SSSR count). The molecule has 4 saturated carbocycles. The molecular weight excluding hydrogens is 296 g/mol. The minimum atomic E-state index is -3.24. The van der Waals surface area contributed by atoms with Gasteiger partial charge in [-0.25, -0.2) is 0 Å². The van der Waals surface area contributed by atoms with Crippen LogP contribution in [0.1, 0.15) is 57.8 Å². The van der Waals surface area contributed by atoms with Crippen molar-refractivity contribution in [2.45, 2.75) is 57.8 Å². The smallest absolute Gasteiger partial charge is 0.195 e. The summed E-state index contributed by atoms with van der Waals surface area (Å²) in [4.78, 5) is 0. The van der Waals surface area contributed by atoms with E-state index in [0.717, 1.165) is 37.1 Å². The Kier molecular flexibility index (Phi) is 3.82. The molecule has 5 aliphatic rings. The largest absolute Gasteiger partial charge is 0.281 e. The van der Waals surface area contributed by atoms with Crippen LogP contribution in [-0.2, 0) is 10.2 Å². The van der Waals surface area contributed by atoms with E-state index in [4.69, 9.17) is 0 Å². The summed E-state index contributed by atoms with van der Waals surface area (Å²) in [5, 5.41) is 0. The van der Waals surface area contributed by atoms with Gasteiger partial charge in [0.15, 0.2) is 0 Å². The van der Waals surface area contributed by atoms with E-state index in [1.807, 2.05) is 7.05 Å². The summed E-state index contributed by atoms with van der Waals surface area (Å²) in [5.74, 6) is 2.66. The molecule has 1 heterocycles. The Bertz CT molecular complexity index is 489. The fourth-order valence-corrected chi connectivity index (χ4v) is 7.88. The zero-order valence-corrected chi connectivity index (χ0v) is 14.7. The summed E-state index contributed by atoms with van der Waals surface area (Å²) in [6, 6.07) is 0. The number of piperidine rings is 1. The Balaban J connectivity index is 1.48. The fraction of sp³-hybridized carbons (Fsp3) is 1.00. The lowest BCUT2D eigenvalue weighted by atomic mass is 9.49. The van der Waals surface area contributed by atoms with Crippen LogP contribution in [0.2, 0.25) is 0 Å². The van der Waals surface area contributed by atoms with E-state index in [0.29, 0.717) is 18.5 Å². The molecule has 4 aliphatic carbocycles. The van der Waals surface area contributed by atoms with Crippen LogP contribution in [0.25, 0.3) is 0 Å². The predicted molar refractivity (Wildman–Crippen MR) is 87.6 cm³/mol. The van der Waals surface area contributed by atoms with Crippen molar-refractivity contribution in [2.75, 3.05) is 26.7 Å². The molecular formula is C17H30N2O2S. The van der Waals surface area contributed by atoms with E-state index in [9.17, 15) is 8.42 Å². The maximum Gasteiger partial charge on any atom is 0.281 e. The Hall–Kier alpha value is -0.130. The molecule has 0 spiro atoms. The molecule has 22 heavy (non-hydrogen) atoms. The lowest BCUT2D eigenvalue weighted by molar-refractivity contribution is -0.0588. The first-order valence-electron chi connectivity index (χ1n) is 9.18. The Labute approximate surface area is 135 Å². The van der Waals surface area contributed by atoms with E-state index in [1.165, 1.54) is 44.9 Å². The minimum Gasteiger partial charge on any atom is -0.195 e. The molecule has 1 aliphatic heterocycles. The number of hydrogen-bond donors (Lipinski definition) is 0. The molecule has 0 aromatic carbocycles. The highest BCUT2D eigenvalue weighted by molar-refractivity contribution is 7.86. The molecule has 126 valence electrons. The maximum absolute atomic E-state index is 12.9. The van der Waals surface area contributed by atoms with Gasteiger partial charge in [0.1, 0.15) is 0 Å². The van der Waals surface area contributed by atoms with E-state index in [1.54, 1.807) is 8.61 Å². The van der Waals surface area contributed by atoms with Crippen molar-refractivity contribution in [3.05, 3.63) is 0 Å². The van der Waals surface area contributed by atoms with E-state index < -0.39 is 10.2 Å². The summed E-state index contributed by atoms with van der Waals surface area (Å²) < 4.78 is 29.1. The Morgan fingerprint density at radius 3 is 1.95 bits per heavy atom. The number of rotatable bonds is 4. The van der Waals surface area contributed by atoms with Crippen molar-refractivity contribution in [2.24, 2.45) is 23.2 Å². The van der Waals surface area contributed by atoms with Crippen LogP contribution in [-0.4, -0.2) is 43.7 Å². The van der Waals surface area contributed by atoms with Crippen LogP contribution < -0.4 is 0 Å². The van der Waals surface area contributed by atoms with Gasteiger partial charge < -0.3 is 0 Å². The standard InChI is InChI=1S/C17H30N2O2S/c1-18(22(20,21)19-5-3-2-4-6-19)13-17-10-14-7-15(11-17)9-16(8-14)12-17/h14-16H,2-13H2,1H3. The summed E-state index contributed by atoms with van der Waals surface area (Å²) >= 11 is 0. The summed E-state index contributed by atoms with van der Waals surface area (Å²) in [6.07, 6.45) is 11.3. The van der Waals surface area contributed by atoms with Crippen molar-refractivity contribution in [1.82, 2.24) is 8.61 Å². The minimum absolute atomic E-state index is 0.298. The second-order valence-corrected chi connectivity index (χ2v) is 10.7. The van der Waals surface area contributed by atoms with Crippen LogP contribution in [0.4, 0.5) is 0 Å². The summed E-state index contributed by atoms with van der Waals surface area (Å²) in [6.45, 7) is 2.19. The van der Waals surface area contributed by atoms with E-state index in [-0.39, 0.29) is 0 Å². The van der Waals surface area contributed by atoms with Crippen LogP contribution in [0.3, 0.4) is 0 Å². The van der Waals surface area contributed by atoms with Crippen LogP contribution >= 0.6 is 0 Å². The molecule has 0 aromatic heterocycles. The van der Waals surface area contributed by atoms with Crippen LogP contribution in [0.15, 0.2) is 0 Å². The topological polar surface area (TPSA) is 40.6 Å². The van der Waals surface area contributed by atoms with E-state index >= 15 is 0 Å². The van der Waals surface area contributed by atoms with Crippen molar-refractivity contribution in [3.63, 3.8) is 0 Å². The van der Waals surface area contributed by atoms with Crippen molar-refractivity contribution >= 4 is 10.2 Å². The molecule has 0 unspecified atom stereocenters. The van der Waals surface area contributed by atoms with Gasteiger partial charge in [-0.05, 0) is 74.5 Å². The Morgan fingerprint density at radius 1 is 0.955 bits per heavy atom. The molecule has 0 N–H and O–H groups in total. The third-order valence-electron chi connectivity index (χ3n) is 6.76. The second-order valence-electron chi connectivity index (χ2n) is 8.64. The molecule has 0 aromatic rings. The number of nitrogens with zero attached hydrogens (tertiary/aromatic N) is 2. The molecule has 0 amide bonds. The lowest BCUT2D eigenvalue weighted by Gasteiger charge is -2.57. The highest BCUT2D eigenvalue weighted by Gasteiger charge is 2.52. The highest BCUT2D eigenvalue weighted by atomic mass is 32.2. The van der Waals surface area contributed by atoms with Crippen LogP contribution in [0, 0.1) is 23.2 Å². The zero-order valence-electron chi connectivity index (χ0n) is 13.8. The van der Waals surface area contributed by atoms with Gasteiger partial charge >= 0.3 is 0 Å². The normalized spacial score (nSPS) is 42.2. The summed E-state index contributed by atoms with van der Waals surface area (Å²) in [7, 11) is -1.42. The average Bonchev–Trinajstić information content (AvgIpc) is 2.46. The first-order valence-corrected chi connectivity index (χ1v) is 10.6.